The molecule has 0 aliphatic rings. The van der Waals surface area contributed by atoms with Crippen LogP contribution in [0.2, 0.25) is 19.6 Å². The van der Waals surface area contributed by atoms with Gasteiger partial charge in [0.1, 0.15) is 11.4 Å². The Balaban J connectivity index is 2.44. The van der Waals surface area contributed by atoms with Crippen molar-refractivity contribution in [2.45, 2.75) is 33.5 Å². The molecule has 2 rings (SSSR count). The van der Waals surface area contributed by atoms with E-state index in [0.717, 1.165) is 22.7 Å². The molecular weight excluding hydrogens is 278 g/mol. The summed E-state index contributed by atoms with van der Waals surface area (Å²) >= 11 is 0. The van der Waals surface area contributed by atoms with Gasteiger partial charge in [-0.1, -0.05) is 12.1 Å². The number of aromatic nitrogens is 2. The minimum absolute atomic E-state index is 0.639. The highest BCUT2D eigenvalue weighted by Gasteiger charge is 2.19. The van der Waals surface area contributed by atoms with Gasteiger partial charge in [0.05, 0.1) is 5.71 Å². The molecule has 0 amide bonds. The van der Waals surface area contributed by atoms with Crippen molar-refractivity contribution >= 4 is 19.7 Å². The van der Waals surface area contributed by atoms with Gasteiger partial charge in [0, 0.05) is 12.4 Å². The molecule has 0 saturated heterocycles. The summed E-state index contributed by atoms with van der Waals surface area (Å²) in [6.07, 6.45) is 3.44. The predicted octanol–water partition coefficient (Wildman–Crippen LogP) is 4.14. The molecule has 1 aromatic carbocycles. The highest BCUT2D eigenvalue weighted by atomic mass is 28.4. The fourth-order valence-electron chi connectivity index (χ4n) is 1.89. The Morgan fingerprint density at radius 1 is 1.10 bits per heavy atom. The van der Waals surface area contributed by atoms with Gasteiger partial charge in [-0.15, -0.1) is 0 Å². The maximum Gasteiger partial charge on any atom is 0.242 e. The molecular formula is C16H21N3OSi. The van der Waals surface area contributed by atoms with E-state index in [9.17, 15) is 0 Å². The second kappa shape index (κ2) is 6.18. The fourth-order valence-corrected chi connectivity index (χ4v) is 2.72. The van der Waals surface area contributed by atoms with Crippen molar-refractivity contribution in [3.05, 3.63) is 48.0 Å². The largest absolute Gasteiger partial charge is 0.543 e. The summed E-state index contributed by atoms with van der Waals surface area (Å²) in [6, 6.07) is 7.81. The van der Waals surface area contributed by atoms with Gasteiger partial charge in [-0.05, 0) is 51.2 Å². The average Bonchev–Trinajstić information content (AvgIpc) is 2.42. The van der Waals surface area contributed by atoms with Crippen molar-refractivity contribution < 1.29 is 4.43 Å². The molecule has 1 heterocycles. The molecule has 0 spiro atoms. The topological polar surface area (TPSA) is 47.4 Å². The van der Waals surface area contributed by atoms with E-state index in [1.165, 1.54) is 0 Å². The van der Waals surface area contributed by atoms with Crippen LogP contribution in [0.3, 0.4) is 0 Å². The third-order valence-corrected chi connectivity index (χ3v) is 3.62. The van der Waals surface area contributed by atoms with E-state index >= 15 is 0 Å². The third kappa shape index (κ3) is 4.22. The third-order valence-electron chi connectivity index (χ3n) is 2.79. The maximum atomic E-state index is 6.14. The Morgan fingerprint density at radius 3 is 2.38 bits per heavy atom. The number of nitrogens with zero attached hydrogens (tertiary/aromatic N) is 3. The van der Waals surface area contributed by atoms with Gasteiger partial charge in [0.2, 0.25) is 8.32 Å². The molecule has 2 aromatic rings. The lowest BCUT2D eigenvalue weighted by molar-refractivity contribution is 0.558. The zero-order valence-corrected chi connectivity index (χ0v) is 14.2. The van der Waals surface area contributed by atoms with Crippen LogP contribution in [0.5, 0.6) is 5.75 Å². The lowest BCUT2D eigenvalue weighted by Gasteiger charge is -2.21. The first-order valence-corrected chi connectivity index (χ1v) is 10.4. The van der Waals surface area contributed by atoms with Crippen molar-refractivity contribution in [3.8, 4) is 5.75 Å². The van der Waals surface area contributed by atoms with Gasteiger partial charge in [0.25, 0.3) is 0 Å². The normalized spacial score (nSPS) is 12.3. The summed E-state index contributed by atoms with van der Waals surface area (Å²) < 4.78 is 6.14. The van der Waals surface area contributed by atoms with Gasteiger partial charge < -0.3 is 4.43 Å². The number of hydrogen-bond acceptors (Lipinski definition) is 4. The Labute approximate surface area is 127 Å². The highest BCUT2D eigenvalue weighted by molar-refractivity contribution is 6.70. The summed E-state index contributed by atoms with van der Waals surface area (Å²) in [5.74, 6) is 1.48. The number of para-hydroxylation sites is 1. The predicted molar refractivity (Wildman–Crippen MR) is 89.1 cm³/mol. The van der Waals surface area contributed by atoms with E-state index in [2.05, 4.69) is 29.6 Å². The first-order valence-electron chi connectivity index (χ1n) is 6.98. The van der Waals surface area contributed by atoms with E-state index in [0.29, 0.717) is 5.82 Å². The molecule has 0 saturated carbocycles. The SMILES string of the molecule is CC(=Nc1c(C)cccc1O[Si](C)(C)C)c1ncccn1. The molecule has 4 nitrogen and oxygen atoms in total. The van der Waals surface area contributed by atoms with Crippen molar-refractivity contribution in [2.75, 3.05) is 0 Å². The first kappa shape index (κ1) is 15.4. The van der Waals surface area contributed by atoms with Gasteiger partial charge >= 0.3 is 0 Å². The van der Waals surface area contributed by atoms with E-state index in [1.807, 2.05) is 32.0 Å². The standard InChI is InChI=1S/C16H21N3OSi/c1-12-8-6-9-14(20-21(3,4)5)15(12)19-13(2)16-17-10-7-11-18-16/h6-11H,1-5H3. The minimum Gasteiger partial charge on any atom is -0.543 e. The van der Waals surface area contributed by atoms with E-state index in [1.54, 1.807) is 18.5 Å². The molecule has 0 aliphatic heterocycles. The quantitative estimate of drug-likeness (QED) is 0.629. The van der Waals surface area contributed by atoms with Crippen molar-refractivity contribution in [1.82, 2.24) is 9.97 Å². The Bertz CT molecular complexity index is 648. The Hall–Kier alpha value is -2.01. The smallest absolute Gasteiger partial charge is 0.242 e. The molecule has 0 aliphatic carbocycles. The summed E-state index contributed by atoms with van der Waals surface area (Å²) in [7, 11) is -1.68. The Morgan fingerprint density at radius 2 is 1.76 bits per heavy atom. The van der Waals surface area contributed by atoms with Crippen LogP contribution in [-0.2, 0) is 0 Å². The summed E-state index contributed by atoms with van der Waals surface area (Å²) in [4.78, 5) is 13.2. The van der Waals surface area contributed by atoms with E-state index in [4.69, 9.17) is 9.42 Å². The van der Waals surface area contributed by atoms with Crippen LogP contribution in [0.4, 0.5) is 5.69 Å². The van der Waals surface area contributed by atoms with Gasteiger partial charge in [-0.25, -0.2) is 15.0 Å². The zero-order chi connectivity index (χ0) is 15.5. The maximum absolute atomic E-state index is 6.14. The molecule has 0 fully saturated rings. The van der Waals surface area contributed by atoms with Crippen LogP contribution in [0.25, 0.3) is 0 Å². The van der Waals surface area contributed by atoms with Crippen LogP contribution in [-0.4, -0.2) is 24.0 Å². The van der Waals surface area contributed by atoms with Gasteiger partial charge in [0.15, 0.2) is 5.82 Å². The van der Waals surface area contributed by atoms with Crippen molar-refractivity contribution in [3.63, 3.8) is 0 Å². The second-order valence-corrected chi connectivity index (χ2v) is 10.3. The Kier molecular flexibility index (Phi) is 4.52. The first-order chi connectivity index (χ1) is 9.87. The monoisotopic (exact) mass is 299 g/mol. The molecule has 0 atom stereocenters. The minimum atomic E-state index is -1.68. The molecule has 1 aromatic heterocycles. The molecule has 21 heavy (non-hydrogen) atoms. The van der Waals surface area contributed by atoms with Crippen LogP contribution < -0.4 is 4.43 Å². The molecule has 0 unspecified atom stereocenters. The lowest BCUT2D eigenvalue weighted by atomic mass is 10.2. The lowest BCUT2D eigenvalue weighted by Crippen LogP contribution is -2.29. The van der Waals surface area contributed by atoms with Crippen LogP contribution >= 0.6 is 0 Å². The molecule has 5 heteroatoms. The second-order valence-electron chi connectivity index (χ2n) is 5.91. The van der Waals surface area contributed by atoms with Crippen LogP contribution in [0, 0.1) is 6.92 Å². The summed E-state index contributed by atoms with van der Waals surface area (Å²) in [5, 5.41) is 0. The number of benzene rings is 1. The average molecular weight is 299 g/mol. The number of hydrogen-bond donors (Lipinski definition) is 0. The van der Waals surface area contributed by atoms with Gasteiger partial charge in [-0.3, -0.25) is 0 Å². The highest BCUT2D eigenvalue weighted by Crippen LogP contribution is 2.33. The van der Waals surface area contributed by atoms with E-state index < -0.39 is 8.32 Å². The van der Waals surface area contributed by atoms with E-state index in [-0.39, 0.29) is 0 Å². The van der Waals surface area contributed by atoms with Crippen molar-refractivity contribution in [2.24, 2.45) is 4.99 Å². The molecule has 0 radical (unpaired) electrons. The molecule has 0 N–H and O–H groups in total. The number of aryl methyl sites for hydroxylation is 1. The zero-order valence-electron chi connectivity index (χ0n) is 13.2. The van der Waals surface area contributed by atoms with Crippen molar-refractivity contribution in [1.29, 1.82) is 0 Å². The van der Waals surface area contributed by atoms with Gasteiger partial charge in [-0.2, -0.15) is 0 Å². The number of aliphatic imine (C=N–C) groups is 1. The van der Waals surface area contributed by atoms with Crippen LogP contribution in [0.15, 0.2) is 41.7 Å². The molecule has 0 bridgehead atoms. The number of rotatable bonds is 4. The molecule has 110 valence electrons. The summed E-state index contributed by atoms with van der Waals surface area (Å²) in [6.45, 7) is 10.4. The summed E-state index contributed by atoms with van der Waals surface area (Å²) in [5.41, 5.74) is 2.73. The van der Waals surface area contributed by atoms with Crippen LogP contribution in [0.1, 0.15) is 18.3 Å². The fraction of sp³-hybridized carbons (Fsp3) is 0.312.